The summed E-state index contributed by atoms with van der Waals surface area (Å²) < 4.78 is 12.1. The third kappa shape index (κ3) is 7.02. The molecule has 42 heavy (non-hydrogen) atoms. The molecule has 4 aromatic rings. The van der Waals surface area contributed by atoms with Crippen LogP contribution in [0.2, 0.25) is 0 Å². The van der Waals surface area contributed by atoms with Crippen LogP contribution in [0.3, 0.4) is 0 Å². The van der Waals surface area contributed by atoms with Crippen LogP contribution in [0.15, 0.2) is 74.7 Å². The maximum absolute atomic E-state index is 13.5. The van der Waals surface area contributed by atoms with Gasteiger partial charge in [0, 0.05) is 11.1 Å². The highest BCUT2D eigenvalue weighted by Crippen LogP contribution is 2.45. The van der Waals surface area contributed by atoms with Crippen molar-refractivity contribution in [3.63, 3.8) is 0 Å². The summed E-state index contributed by atoms with van der Waals surface area (Å²) in [5.41, 5.74) is 3.95. The van der Waals surface area contributed by atoms with Gasteiger partial charge in [0.1, 0.15) is 23.1 Å². The number of aromatic carboxylic acids is 1. The Morgan fingerprint density at radius 1 is 1.19 bits per heavy atom. The zero-order chi connectivity index (χ0) is 29.9. The molecule has 2 aromatic carbocycles. The van der Waals surface area contributed by atoms with Crippen LogP contribution < -0.4 is 10.1 Å². The van der Waals surface area contributed by atoms with Crippen molar-refractivity contribution in [2.24, 2.45) is 16.3 Å². The number of hydrogen-bond acceptors (Lipinski definition) is 6. The van der Waals surface area contributed by atoms with Crippen LogP contribution >= 0.6 is 27.3 Å². The van der Waals surface area contributed by atoms with Crippen LogP contribution in [-0.2, 0) is 26.0 Å². The van der Waals surface area contributed by atoms with Gasteiger partial charge in [0.25, 0.3) is 5.91 Å². The number of nitrogens with one attached hydrogen (secondary N) is 1. The maximum atomic E-state index is 13.5. The molecule has 1 aliphatic rings. The summed E-state index contributed by atoms with van der Waals surface area (Å²) >= 11 is 5.20. The number of ether oxygens (including phenoxy) is 1. The lowest BCUT2D eigenvalue weighted by Gasteiger charge is -2.33. The number of amides is 1. The highest BCUT2D eigenvalue weighted by molar-refractivity contribution is 9.10. The number of carbonyl (C=O) groups excluding carboxylic acids is 1. The van der Waals surface area contributed by atoms with Crippen molar-refractivity contribution < 1.29 is 23.8 Å². The molecule has 2 heterocycles. The predicted molar refractivity (Wildman–Crippen MR) is 168 cm³/mol. The largest absolute Gasteiger partial charge is 0.488 e. The zero-order valence-electron chi connectivity index (χ0n) is 23.8. The van der Waals surface area contributed by atoms with Gasteiger partial charge in [0.15, 0.2) is 0 Å². The smallest absolute Gasteiger partial charge is 0.335 e. The Labute approximate surface area is 257 Å². The monoisotopic (exact) mass is 648 g/mol. The molecule has 0 spiro atoms. The first-order valence-electron chi connectivity index (χ1n) is 13.8. The van der Waals surface area contributed by atoms with Crippen molar-refractivity contribution in [2.75, 3.05) is 0 Å². The number of hydrogen-bond donors (Lipinski definition) is 2. The molecule has 0 radical (unpaired) electrons. The first-order chi connectivity index (χ1) is 20.1. The Balaban J connectivity index is 1.33. The van der Waals surface area contributed by atoms with Crippen LogP contribution in [0.25, 0.3) is 0 Å². The minimum absolute atomic E-state index is 0.133. The van der Waals surface area contributed by atoms with E-state index in [1.54, 1.807) is 48.1 Å². The average Bonchev–Trinajstić information content (AvgIpc) is 3.61. The number of thiophene rings is 1. The van der Waals surface area contributed by atoms with Gasteiger partial charge in [0.05, 0.1) is 28.4 Å². The summed E-state index contributed by atoms with van der Waals surface area (Å²) in [6.45, 7) is 7.48. The number of carboxylic acid groups (broad SMARTS) is 1. The first-order valence-corrected chi connectivity index (χ1v) is 15.4. The summed E-state index contributed by atoms with van der Waals surface area (Å²) in [5, 5.41) is 12.8. The molecule has 0 unspecified atom stereocenters. The van der Waals surface area contributed by atoms with E-state index in [0.717, 1.165) is 40.4 Å². The lowest BCUT2D eigenvalue weighted by Crippen LogP contribution is -2.28. The van der Waals surface area contributed by atoms with Crippen molar-refractivity contribution in [3.8, 4) is 5.75 Å². The summed E-state index contributed by atoms with van der Waals surface area (Å²) in [7, 11) is 0. The molecule has 1 atom stereocenters. The SMILES string of the molecule is CC(C)(C)[C@H]1CCc2c(sc(N=Cc3ccc(OCc4ccc(C(=O)O)cc4)c(Br)c3)c2C(=O)NCc2ccco2)C1. The van der Waals surface area contributed by atoms with Crippen LogP contribution in [0.5, 0.6) is 5.75 Å². The lowest BCUT2D eigenvalue weighted by molar-refractivity contribution is 0.0696. The van der Waals surface area contributed by atoms with Crippen LogP contribution in [0, 0.1) is 11.3 Å². The molecule has 9 heteroatoms. The fourth-order valence-electron chi connectivity index (χ4n) is 5.06. The number of carboxylic acids is 1. The molecule has 0 saturated carbocycles. The van der Waals surface area contributed by atoms with Gasteiger partial charge in [0.2, 0.25) is 0 Å². The highest BCUT2D eigenvalue weighted by Gasteiger charge is 2.33. The van der Waals surface area contributed by atoms with Gasteiger partial charge >= 0.3 is 5.97 Å². The van der Waals surface area contributed by atoms with E-state index in [9.17, 15) is 9.59 Å². The molecule has 1 amide bonds. The number of furan rings is 1. The number of nitrogens with zero attached hydrogens (tertiary/aromatic N) is 1. The molecular formula is C33H33BrN2O5S. The quantitative estimate of drug-likeness (QED) is 0.178. The van der Waals surface area contributed by atoms with Gasteiger partial charge in [-0.15, -0.1) is 11.3 Å². The van der Waals surface area contributed by atoms with E-state index in [1.807, 2.05) is 30.3 Å². The van der Waals surface area contributed by atoms with Gasteiger partial charge in [-0.1, -0.05) is 32.9 Å². The Morgan fingerprint density at radius 2 is 1.98 bits per heavy atom. The standard InChI is InChI=1S/C33H33BrN2O5S/c1-33(2,3)23-11-12-25-28(16-23)42-31(29(25)30(37)35-18-24-5-4-14-40-24)36-17-21-8-13-27(26(34)15-21)41-19-20-6-9-22(10-7-20)32(38)39/h4-10,13-15,17,23H,11-12,16,18-19H2,1-3H3,(H,35,37)(H,38,39)/t23-/m0/s1. The second-order valence-corrected chi connectivity index (χ2v) is 13.4. The molecule has 0 bridgehead atoms. The fourth-order valence-corrected chi connectivity index (χ4v) is 6.84. The highest BCUT2D eigenvalue weighted by atomic mass is 79.9. The second-order valence-electron chi connectivity index (χ2n) is 11.5. The molecule has 5 rings (SSSR count). The Hall–Kier alpha value is -3.69. The number of benzene rings is 2. The van der Waals surface area contributed by atoms with Crippen molar-refractivity contribution in [3.05, 3.63) is 104 Å². The van der Waals surface area contributed by atoms with Crippen molar-refractivity contribution in [2.45, 2.75) is 53.2 Å². The summed E-state index contributed by atoms with van der Waals surface area (Å²) in [6.07, 6.45) is 6.24. The maximum Gasteiger partial charge on any atom is 0.335 e. The number of rotatable bonds is 9. The van der Waals surface area contributed by atoms with Gasteiger partial charge in [-0.3, -0.25) is 4.79 Å². The van der Waals surface area contributed by atoms with E-state index >= 15 is 0 Å². The topological polar surface area (TPSA) is 101 Å². The predicted octanol–water partition coefficient (Wildman–Crippen LogP) is 8.21. The number of halogens is 1. The molecule has 1 aliphatic carbocycles. The van der Waals surface area contributed by atoms with Crippen molar-refractivity contribution in [1.82, 2.24) is 5.32 Å². The zero-order valence-corrected chi connectivity index (χ0v) is 26.2. The molecule has 2 N–H and O–H groups in total. The normalized spacial score (nSPS) is 15.0. The third-order valence-corrected chi connectivity index (χ3v) is 9.37. The van der Waals surface area contributed by atoms with Crippen LogP contribution in [-0.4, -0.2) is 23.2 Å². The van der Waals surface area contributed by atoms with E-state index < -0.39 is 5.97 Å². The first kappa shape index (κ1) is 29.8. The van der Waals surface area contributed by atoms with E-state index in [4.69, 9.17) is 19.3 Å². The van der Waals surface area contributed by atoms with Crippen LogP contribution in [0.1, 0.15) is 75.2 Å². The summed E-state index contributed by atoms with van der Waals surface area (Å²) in [4.78, 5) is 30.6. The Morgan fingerprint density at radius 3 is 2.64 bits per heavy atom. The molecular weight excluding hydrogens is 616 g/mol. The van der Waals surface area contributed by atoms with E-state index in [1.165, 1.54) is 4.88 Å². The van der Waals surface area contributed by atoms with Gasteiger partial charge in [-0.05, 0) is 106 Å². The molecule has 7 nitrogen and oxygen atoms in total. The minimum atomic E-state index is -0.957. The number of fused-ring (bicyclic) bond motifs is 1. The second kappa shape index (κ2) is 12.7. The number of aliphatic imine (C=N–C) groups is 1. The Bertz CT molecular complexity index is 1600. The van der Waals surface area contributed by atoms with Crippen molar-refractivity contribution >= 4 is 50.4 Å². The van der Waals surface area contributed by atoms with E-state index in [0.29, 0.717) is 41.1 Å². The van der Waals surface area contributed by atoms with Gasteiger partial charge < -0.3 is 19.6 Å². The minimum Gasteiger partial charge on any atom is -0.488 e. The van der Waals surface area contributed by atoms with Crippen LogP contribution in [0.4, 0.5) is 5.00 Å². The average molecular weight is 650 g/mol. The summed E-state index contributed by atoms with van der Waals surface area (Å²) in [6, 6.07) is 16.0. The summed E-state index contributed by atoms with van der Waals surface area (Å²) in [5.74, 6) is 0.826. The van der Waals surface area contributed by atoms with E-state index in [2.05, 4.69) is 42.0 Å². The van der Waals surface area contributed by atoms with Crippen molar-refractivity contribution in [1.29, 1.82) is 0 Å². The van der Waals surface area contributed by atoms with E-state index in [-0.39, 0.29) is 16.9 Å². The lowest BCUT2D eigenvalue weighted by atomic mass is 9.72. The van der Waals surface area contributed by atoms with Gasteiger partial charge in [-0.2, -0.15) is 0 Å². The van der Waals surface area contributed by atoms with Gasteiger partial charge in [-0.25, -0.2) is 9.79 Å². The third-order valence-electron chi connectivity index (χ3n) is 7.58. The molecule has 0 aliphatic heterocycles. The molecule has 2 aromatic heterocycles. The fraction of sp³-hybridized carbons (Fsp3) is 0.303. The molecule has 0 saturated heterocycles. The Kier molecular flexibility index (Phi) is 8.99. The number of carbonyl (C=O) groups is 2. The molecule has 0 fully saturated rings. The molecule has 218 valence electrons.